The van der Waals surface area contributed by atoms with Crippen molar-refractivity contribution in [3.63, 3.8) is 0 Å². The number of hydrogen-bond donors (Lipinski definition) is 2. The molecule has 0 spiro atoms. The van der Waals surface area contributed by atoms with Gasteiger partial charge in [0.25, 0.3) is 5.91 Å². The Kier molecular flexibility index (Phi) is 6.60. The SMILES string of the molecule is Cc1ccc(CCC(=O)Nc2ccccc2C(=O)NCC(F)(F)F)c(C)c1. The van der Waals surface area contributed by atoms with Crippen molar-refractivity contribution in [3.05, 3.63) is 64.7 Å². The summed E-state index contributed by atoms with van der Waals surface area (Å²) in [6, 6.07) is 11.9. The number of nitrogens with one attached hydrogen (secondary N) is 2. The van der Waals surface area contributed by atoms with Crippen molar-refractivity contribution in [2.24, 2.45) is 0 Å². The molecule has 144 valence electrons. The van der Waals surface area contributed by atoms with E-state index in [0.29, 0.717) is 6.42 Å². The molecule has 0 saturated heterocycles. The lowest BCUT2D eigenvalue weighted by atomic mass is 10.0. The van der Waals surface area contributed by atoms with Crippen molar-refractivity contribution in [2.75, 3.05) is 11.9 Å². The van der Waals surface area contributed by atoms with Crippen LogP contribution < -0.4 is 10.6 Å². The van der Waals surface area contributed by atoms with Crippen LogP contribution in [0.25, 0.3) is 0 Å². The molecule has 0 radical (unpaired) electrons. The van der Waals surface area contributed by atoms with Crippen molar-refractivity contribution in [2.45, 2.75) is 32.9 Å². The minimum absolute atomic E-state index is 0.0124. The molecule has 0 heterocycles. The van der Waals surface area contributed by atoms with E-state index in [4.69, 9.17) is 0 Å². The van der Waals surface area contributed by atoms with E-state index in [0.717, 1.165) is 16.7 Å². The van der Waals surface area contributed by atoms with Gasteiger partial charge in [0, 0.05) is 6.42 Å². The highest BCUT2D eigenvalue weighted by molar-refractivity contribution is 6.03. The van der Waals surface area contributed by atoms with E-state index < -0.39 is 18.6 Å². The largest absolute Gasteiger partial charge is 0.405 e. The number of aryl methyl sites for hydroxylation is 3. The average molecular weight is 378 g/mol. The molecule has 0 aromatic heterocycles. The normalized spacial score (nSPS) is 11.1. The summed E-state index contributed by atoms with van der Waals surface area (Å²) in [7, 11) is 0. The van der Waals surface area contributed by atoms with Gasteiger partial charge >= 0.3 is 6.18 Å². The smallest absolute Gasteiger partial charge is 0.343 e. The molecule has 2 aromatic carbocycles. The minimum Gasteiger partial charge on any atom is -0.343 e. The summed E-state index contributed by atoms with van der Waals surface area (Å²) in [6.45, 7) is 2.53. The molecule has 4 nitrogen and oxygen atoms in total. The molecular formula is C20H21F3N2O2. The highest BCUT2D eigenvalue weighted by atomic mass is 19.4. The zero-order valence-electron chi connectivity index (χ0n) is 15.1. The molecule has 2 rings (SSSR count). The minimum atomic E-state index is -4.50. The van der Waals surface area contributed by atoms with Gasteiger partial charge in [-0.1, -0.05) is 35.9 Å². The molecule has 0 atom stereocenters. The van der Waals surface area contributed by atoms with E-state index >= 15 is 0 Å². The topological polar surface area (TPSA) is 58.2 Å². The van der Waals surface area contributed by atoms with Gasteiger partial charge in [-0.15, -0.1) is 0 Å². The van der Waals surface area contributed by atoms with Crippen molar-refractivity contribution in [1.29, 1.82) is 0 Å². The van der Waals surface area contributed by atoms with Crippen LogP contribution in [0.4, 0.5) is 18.9 Å². The van der Waals surface area contributed by atoms with Crippen molar-refractivity contribution >= 4 is 17.5 Å². The van der Waals surface area contributed by atoms with Gasteiger partial charge in [0.1, 0.15) is 6.54 Å². The highest BCUT2D eigenvalue weighted by Gasteiger charge is 2.28. The van der Waals surface area contributed by atoms with Gasteiger partial charge in [-0.2, -0.15) is 13.2 Å². The lowest BCUT2D eigenvalue weighted by molar-refractivity contribution is -0.123. The number of halogens is 3. The van der Waals surface area contributed by atoms with Crippen LogP contribution in [0.1, 0.15) is 33.5 Å². The average Bonchev–Trinajstić information content (AvgIpc) is 2.59. The van der Waals surface area contributed by atoms with Crippen LogP contribution in [0.3, 0.4) is 0 Å². The third kappa shape index (κ3) is 6.44. The number of rotatable bonds is 6. The molecule has 0 unspecified atom stereocenters. The third-order valence-corrected chi connectivity index (χ3v) is 4.01. The number of hydrogen-bond acceptors (Lipinski definition) is 2. The highest BCUT2D eigenvalue weighted by Crippen LogP contribution is 2.18. The van der Waals surface area contributed by atoms with E-state index in [9.17, 15) is 22.8 Å². The maximum absolute atomic E-state index is 12.3. The number of para-hydroxylation sites is 1. The van der Waals surface area contributed by atoms with Gasteiger partial charge in [-0.3, -0.25) is 9.59 Å². The number of carbonyl (C=O) groups excluding carboxylic acids is 2. The van der Waals surface area contributed by atoms with Gasteiger partial charge in [-0.05, 0) is 43.5 Å². The zero-order chi connectivity index (χ0) is 20.0. The van der Waals surface area contributed by atoms with Crippen LogP contribution >= 0.6 is 0 Å². The number of amides is 2. The standard InChI is InChI=1S/C20H21F3N2O2/c1-13-7-8-15(14(2)11-13)9-10-18(26)25-17-6-4-3-5-16(17)19(27)24-12-20(21,22)23/h3-8,11H,9-10,12H2,1-2H3,(H,24,27)(H,25,26). The number of alkyl halides is 3. The predicted octanol–water partition coefficient (Wildman–Crippen LogP) is 4.17. The molecule has 0 fully saturated rings. The Bertz CT molecular complexity index is 832. The summed E-state index contributed by atoms with van der Waals surface area (Å²) >= 11 is 0. The van der Waals surface area contributed by atoms with Crippen molar-refractivity contribution in [3.8, 4) is 0 Å². The fourth-order valence-corrected chi connectivity index (χ4v) is 2.65. The lowest BCUT2D eigenvalue weighted by Gasteiger charge is -2.13. The number of anilines is 1. The summed E-state index contributed by atoms with van der Waals surface area (Å²) in [5.41, 5.74) is 3.45. The van der Waals surface area contributed by atoms with E-state index in [1.807, 2.05) is 37.4 Å². The molecule has 0 bridgehead atoms. The Morgan fingerprint density at radius 1 is 1.04 bits per heavy atom. The second-order valence-corrected chi connectivity index (χ2v) is 6.32. The summed E-state index contributed by atoms with van der Waals surface area (Å²) < 4.78 is 36.8. The van der Waals surface area contributed by atoms with E-state index in [2.05, 4.69) is 5.32 Å². The Hall–Kier alpha value is -2.83. The second-order valence-electron chi connectivity index (χ2n) is 6.32. The predicted molar refractivity (Wildman–Crippen MR) is 97.7 cm³/mol. The first kappa shape index (κ1) is 20.5. The van der Waals surface area contributed by atoms with Crippen molar-refractivity contribution in [1.82, 2.24) is 5.32 Å². The van der Waals surface area contributed by atoms with Gasteiger partial charge in [-0.25, -0.2) is 0 Å². The first-order valence-electron chi connectivity index (χ1n) is 8.45. The lowest BCUT2D eigenvalue weighted by Crippen LogP contribution is -2.34. The Morgan fingerprint density at radius 3 is 2.41 bits per heavy atom. The summed E-state index contributed by atoms with van der Waals surface area (Å²) in [5, 5.41) is 4.42. The van der Waals surface area contributed by atoms with Crippen LogP contribution in [0.15, 0.2) is 42.5 Å². The van der Waals surface area contributed by atoms with Gasteiger partial charge in [0.05, 0.1) is 11.3 Å². The Morgan fingerprint density at radius 2 is 1.74 bits per heavy atom. The van der Waals surface area contributed by atoms with E-state index in [1.54, 1.807) is 6.07 Å². The Labute approximate surface area is 155 Å². The number of carbonyl (C=O) groups is 2. The van der Waals surface area contributed by atoms with Crippen LogP contribution in [-0.2, 0) is 11.2 Å². The van der Waals surface area contributed by atoms with Gasteiger partial charge in [0.2, 0.25) is 5.91 Å². The fourth-order valence-electron chi connectivity index (χ4n) is 2.65. The molecule has 0 aliphatic carbocycles. The summed E-state index contributed by atoms with van der Waals surface area (Å²) in [5.74, 6) is -1.20. The van der Waals surface area contributed by atoms with Crippen LogP contribution in [0.2, 0.25) is 0 Å². The van der Waals surface area contributed by atoms with E-state index in [1.165, 1.54) is 18.2 Å². The van der Waals surface area contributed by atoms with Crippen LogP contribution in [0, 0.1) is 13.8 Å². The number of benzene rings is 2. The summed E-state index contributed by atoms with van der Waals surface area (Å²) in [4.78, 5) is 24.2. The van der Waals surface area contributed by atoms with Crippen molar-refractivity contribution < 1.29 is 22.8 Å². The monoisotopic (exact) mass is 378 g/mol. The molecule has 27 heavy (non-hydrogen) atoms. The Balaban J connectivity index is 2.00. The molecule has 0 aliphatic rings. The summed E-state index contributed by atoms with van der Waals surface area (Å²) in [6.07, 6.45) is -3.78. The fraction of sp³-hybridized carbons (Fsp3) is 0.300. The molecule has 2 amide bonds. The van der Waals surface area contributed by atoms with Crippen LogP contribution in [0.5, 0.6) is 0 Å². The first-order chi connectivity index (χ1) is 12.7. The molecule has 0 aliphatic heterocycles. The molecular weight excluding hydrogens is 357 g/mol. The quantitative estimate of drug-likeness (QED) is 0.793. The van der Waals surface area contributed by atoms with Crippen LogP contribution in [-0.4, -0.2) is 24.5 Å². The third-order valence-electron chi connectivity index (χ3n) is 4.01. The first-order valence-corrected chi connectivity index (χ1v) is 8.45. The maximum Gasteiger partial charge on any atom is 0.405 e. The maximum atomic E-state index is 12.3. The molecule has 0 saturated carbocycles. The van der Waals surface area contributed by atoms with E-state index in [-0.39, 0.29) is 23.6 Å². The second kappa shape index (κ2) is 8.70. The zero-order valence-corrected chi connectivity index (χ0v) is 15.1. The molecule has 2 N–H and O–H groups in total. The van der Waals surface area contributed by atoms with Gasteiger partial charge < -0.3 is 10.6 Å². The molecule has 2 aromatic rings. The van der Waals surface area contributed by atoms with Gasteiger partial charge in [0.15, 0.2) is 0 Å². The molecule has 7 heteroatoms.